The molecule has 1 amide bonds. The predicted octanol–water partition coefficient (Wildman–Crippen LogP) is 5.58. The van der Waals surface area contributed by atoms with Crippen LogP contribution in [0.4, 0.5) is 5.69 Å². The number of carbonyl (C=O) groups excluding carboxylic acids is 1. The third-order valence-electron chi connectivity index (χ3n) is 4.26. The summed E-state index contributed by atoms with van der Waals surface area (Å²) in [5, 5.41) is 3.44. The molecular weight excluding hydrogens is 360 g/mol. The highest BCUT2D eigenvalue weighted by Crippen LogP contribution is 2.27. The summed E-state index contributed by atoms with van der Waals surface area (Å²) in [5.41, 5.74) is 4.65. The lowest BCUT2D eigenvalue weighted by Crippen LogP contribution is -2.11. The number of fused-ring (bicyclic) bond motifs is 1. The van der Waals surface area contributed by atoms with Gasteiger partial charge in [0.15, 0.2) is 11.3 Å². The van der Waals surface area contributed by atoms with Crippen LogP contribution in [0.1, 0.15) is 27.4 Å². The number of hydrogen-bond acceptors (Lipinski definition) is 5. The number of furan rings is 1. The number of thioether (sulfide) groups is 1. The van der Waals surface area contributed by atoms with E-state index >= 15 is 0 Å². The van der Waals surface area contributed by atoms with Gasteiger partial charge in [-0.05, 0) is 61.4 Å². The molecule has 2 aromatic heterocycles. The molecule has 0 aliphatic heterocycles. The zero-order chi connectivity index (χ0) is 18.8. The largest absolute Gasteiger partial charge is 0.455 e. The lowest BCUT2D eigenvalue weighted by atomic mass is 10.1. The van der Waals surface area contributed by atoms with Crippen LogP contribution in [0.3, 0.4) is 0 Å². The lowest BCUT2D eigenvalue weighted by molar-refractivity contribution is 0.0995. The molecule has 0 aliphatic rings. The summed E-state index contributed by atoms with van der Waals surface area (Å²) >= 11 is 1.43. The number of aromatic nitrogens is 1. The van der Waals surface area contributed by atoms with Crippen molar-refractivity contribution >= 4 is 34.5 Å². The average Bonchev–Trinajstić information content (AvgIpc) is 3.29. The molecule has 136 valence electrons. The molecule has 0 atom stereocenters. The smallest absolute Gasteiger partial charge is 0.291 e. The average molecular weight is 378 g/mol. The number of amides is 1. The summed E-state index contributed by atoms with van der Waals surface area (Å²) in [6.45, 7) is 4.05. The Bertz CT molecular complexity index is 1080. The first-order valence-corrected chi connectivity index (χ1v) is 9.53. The number of benzene rings is 2. The van der Waals surface area contributed by atoms with Crippen molar-refractivity contribution in [1.29, 1.82) is 0 Å². The van der Waals surface area contributed by atoms with Crippen molar-refractivity contribution in [3.05, 3.63) is 77.2 Å². The van der Waals surface area contributed by atoms with Crippen molar-refractivity contribution in [3.63, 3.8) is 0 Å². The molecule has 1 N–H and O–H groups in total. The first-order chi connectivity index (χ1) is 13.1. The number of carbonyl (C=O) groups is 1. The monoisotopic (exact) mass is 378 g/mol. The standard InChI is InChI=1S/C21H18N2O3S/c1-13-7-8-15(11-14(13)2)22-20(24)19-10-9-16(25-19)12-27-21-23-17-5-3-4-6-18(17)26-21/h3-11H,12H2,1-2H3,(H,22,24). The maximum absolute atomic E-state index is 12.4. The molecule has 6 heteroatoms. The second-order valence-electron chi connectivity index (χ2n) is 6.26. The molecule has 2 aromatic carbocycles. The van der Waals surface area contributed by atoms with Gasteiger partial charge in [0.1, 0.15) is 11.3 Å². The van der Waals surface area contributed by atoms with Gasteiger partial charge in [0.25, 0.3) is 11.1 Å². The zero-order valence-corrected chi connectivity index (χ0v) is 15.8. The van der Waals surface area contributed by atoms with Crippen LogP contribution in [-0.4, -0.2) is 10.9 Å². The van der Waals surface area contributed by atoms with E-state index in [1.807, 2.05) is 56.3 Å². The number of aryl methyl sites for hydroxylation is 2. The van der Waals surface area contributed by atoms with Crippen molar-refractivity contribution in [2.45, 2.75) is 24.8 Å². The number of nitrogens with zero attached hydrogens (tertiary/aromatic N) is 1. The van der Waals surface area contributed by atoms with Crippen LogP contribution in [-0.2, 0) is 5.75 Å². The SMILES string of the molecule is Cc1ccc(NC(=O)c2ccc(CSc3nc4ccccc4o3)o2)cc1C. The number of rotatable bonds is 5. The third kappa shape index (κ3) is 3.90. The third-order valence-corrected chi connectivity index (χ3v) is 5.11. The van der Waals surface area contributed by atoms with E-state index in [1.165, 1.54) is 17.3 Å². The van der Waals surface area contributed by atoms with Gasteiger partial charge in [-0.15, -0.1) is 0 Å². The van der Waals surface area contributed by atoms with Gasteiger partial charge < -0.3 is 14.2 Å². The van der Waals surface area contributed by atoms with Crippen molar-refractivity contribution in [2.24, 2.45) is 0 Å². The number of oxazole rings is 1. The lowest BCUT2D eigenvalue weighted by Gasteiger charge is -2.06. The van der Waals surface area contributed by atoms with E-state index in [4.69, 9.17) is 8.83 Å². The predicted molar refractivity (Wildman–Crippen MR) is 106 cm³/mol. The van der Waals surface area contributed by atoms with Crippen LogP contribution in [0.15, 0.2) is 68.7 Å². The van der Waals surface area contributed by atoms with E-state index in [9.17, 15) is 4.79 Å². The Kier molecular flexibility index (Phi) is 4.73. The van der Waals surface area contributed by atoms with Gasteiger partial charge in [0, 0.05) is 5.69 Å². The quantitative estimate of drug-likeness (QED) is 0.459. The topological polar surface area (TPSA) is 68.3 Å². The summed E-state index contributed by atoms with van der Waals surface area (Å²) in [5.74, 6) is 1.23. The molecule has 0 spiro atoms. The van der Waals surface area contributed by atoms with Gasteiger partial charge in [-0.1, -0.05) is 30.0 Å². The van der Waals surface area contributed by atoms with Crippen molar-refractivity contribution in [2.75, 3.05) is 5.32 Å². The van der Waals surface area contributed by atoms with Gasteiger partial charge in [-0.2, -0.15) is 0 Å². The van der Waals surface area contributed by atoms with Crippen LogP contribution >= 0.6 is 11.8 Å². The van der Waals surface area contributed by atoms with Gasteiger partial charge in [0.05, 0.1) is 5.75 Å². The maximum Gasteiger partial charge on any atom is 0.291 e. The van der Waals surface area contributed by atoms with E-state index in [-0.39, 0.29) is 11.7 Å². The van der Waals surface area contributed by atoms with Crippen LogP contribution in [0.2, 0.25) is 0 Å². The fourth-order valence-electron chi connectivity index (χ4n) is 2.64. The van der Waals surface area contributed by atoms with Crippen molar-refractivity contribution in [1.82, 2.24) is 4.98 Å². The fourth-order valence-corrected chi connectivity index (χ4v) is 3.37. The van der Waals surface area contributed by atoms with E-state index in [0.717, 1.165) is 22.4 Å². The minimum Gasteiger partial charge on any atom is -0.455 e. The molecule has 0 radical (unpaired) electrons. The molecule has 2 heterocycles. The van der Waals surface area contributed by atoms with Crippen LogP contribution in [0.5, 0.6) is 0 Å². The molecule has 0 bridgehead atoms. The van der Waals surface area contributed by atoms with Crippen LogP contribution in [0.25, 0.3) is 11.1 Å². The van der Waals surface area contributed by atoms with E-state index in [2.05, 4.69) is 10.3 Å². The van der Waals surface area contributed by atoms with Gasteiger partial charge >= 0.3 is 0 Å². The minimum atomic E-state index is -0.267. The second kappa shape index (κ2) is 7.32. The molecule has 0 unspecified atom stereocenters. The molecular formula is C21H18N2O3S. The molecule has 27 heavy (non-hydrogen) atoms. The minimum absolute atomic E-state index is 0.267. The summed E-state index contributed by atoms with van der Waals surface area (Å²) in [7, 11) is 0. The fraction of sp³-hybridized carbons (Fsp3) is 0.143. The van der Waals surface area contributed by atoms with Crippen LogP contribution in [0, 0.1) is 13.8 Å². The van der Waals surface area contributed by atoms with Crippen molar-refractivity contribution < 1.29 is 13.6 Å². The number of hydrogen-bond donors (Lipinski definition) is 1. The van der Waals surface area contributed by atoms with E-state index in [1.54, 1.807) is 12.1 Å². The summed E-state index contributed by atoms with van der Waals surface area (Å²) in [6, 6.07) is 16.9. The zero-order valence-electron chi connectivity index (χ0n) is 15.0. The Morgan fingerprint density at radius 3 is 2.70 bits per heavy atom. The number of nitrogens with one attached hydrogen (secondary N) is 1. The highest BCUT2D eigenvalue weighted by Gasteiger charge is 2.13. The molecule has 0 saturated carbocycles. The molecule has 0 aliphatic carbocycles. The molecule has 0 saturated heterocycles. The Morgan fingerprint density at radius 1 is 1.04 bits per heavy atom. The van der Waals surface area contributed by atoms with Crippen LogP contribution < -0.4 is 5.32 Å². The van der Waals surface area contributed by atoms with E-state index < -0.39 is 0 Å². The Balaban J connectivity index is 1.40. The maximum atomic E-state index is 12.4. The van der Waals surface area contributed by atoms with Crippen molar-refractivity contribution in [3.8, 4) is 0 Å². The Morgan fingerprint density at radius 2 is 1.89 bits per heavy atom. The highest BCUT2D eigenvalue weighted by molar-refractivity contribution is 7.98. The molecule has 4 rings (SSSR count). The summed E-state index contributed by atoms with van der Waals surface area (Å²) in [6.07, 6.45) is 0. The molecule has 4 aromatic rings. The number of anilines is 1. The van der Waals surface area contributed by atoms with Gasteiger partial charge in [-0.25, -0.2) is 4.98 Å². The first kappa shape index (κ1) is 17.4. The normalized spacial score (nSPS) is 11.0. The number of para-hydroxylation sites is 2. The Hall–Kier alpha value is -2.99. The van der Waals surface area contributed by atoms with Gasteiger partial charge in [-0.3, -0.25) is 4.79 Å². The van der Waals surface area contributed by atoms with Gasteiger partial charge in [0.2, 0.25) is 0 Å². The highest BCUT2D eigenvalue weighted by atomic mass is 32.2. The molecule has 5 nitrogen and oxygen atoms in total. The molecule has 0 fully saturated rings. The Labute approximate surface area is 160 Å². The summed E-state index contributed by atoms with van der Waals surface area (Å²) in [4.78, 5) is 16.8. The first-order valence-electron chi connectivity index (χ1n) is 8.54. The van der Waals surface area contributed by atoms with E-state index in [0.29, 0.717) is 16.7 Å². The second-order valence-corrected chi connectivity index (χ2v) is 7.18. The summed E-state index contributed by atoms with van der Waals surface area (Å²) < 4.78 is 11.3.